The second-order valence-electron chi connectivity index (χ2n) is 3.45. The summed E-state index contributed by atoms with van der Waals surface area (Å²) < 4.78 is 40.9. The van der Waals surface area contributed by atoms with Gasteiger partial charge in [-0.25, -0.2) is 0 Å². The molecule has 0 aliphatic heterocycles. The summed E-state index contributed by atoms with van der Waals surface area (Å²) in [6.45, 7) is 2.59. The fourth-order valence-electron chi connectivity index (χ4n) is 1.12. The summed E-state index contributed by atoms with van der Waals surface area (Å²) in [5, 5.41) is 1.72. The van der Waals surface area contributed by atoms with E-state index in [2.05, 4.69) is 0 Å². The average molecular weight is 249 g/mol. The second kappa shape index (κ2) is 4.60. The first-order chi connectivity index (χ1) is 7.71. The average Bonchev–Trinajstić information content (AvgIpc) is 2.64. The molecule has 0 saturated carbocycles. The number of nitrogens with one attached hydrogen (secondary N) is 1. The van der Waals surface area contributed by atoms with Gasteiger partial charge < -0.3 is 9.73 Å². The Morgan fingerprint density at radius 2 is 1.94 bits per heavy atom. The van der Waals surface area contributed by atoms with Gasteiger partial charge in [-0.1, -0.05) is 0 Å². The number of ketones is 1. The number of amides is 1. The van der Waals surface area contributed by atoms with Crippen LogP contribution >= 0.6 is 0 Å². The fraction of sp³-hybridized carbons (Fsp3) is 0.400. The van der Waals surface area contributed by atoms with E-state index in [1.807, 2.05) is 0 Å². The van der Waals surface area contributed by atoms with Gasteiger partial charge >= 0.3 is 12.1 Å². The summed E-state index contributed by atoms with van der Waals surface area (Å²) >= 11 is 0. The zero-order valence-electron chi connectivity index (χ0n) is 9.09. The predicted molar refractivity (Wildman–Crippen MR) is 51.3 cm³/mol. The van der Waals surface area contributed by atoms with E-state index in [1.165, 1.54) is 26.0 Å². The van der Waals surface area contributed by atoms with Gasteiger partial charge in [0.15, 0.2) is 11.5 Å². The third-order valence-corrected chi connectivity index (χ3v) is 2.01. The maximum atomic E-state index is 12.0. The molecular weight excluding hydrogens is 239 g/mol. The van der Waals surface area contributed by atoms with Crippen LogP contribution in [0, 0.1) is 0 Å². The molecule has 1 amide bonds. The molecule has 7 heteroatoms. The molecule has 0 spiro atoms. The highest BCUT2D eigenvalue weighted by Crippen LogP contribution is 2.20. The number of carbonyl (C=O) groups excluding carboxylic acids is 2. The second-order valence-corrected chi connectivity index (χ2v) is 3.45. The van der Waals surface area contributed by atoms with E-state index in [4.69, 9.17) is 4.42 Å². The van der Waals surface area contributed by atoms with E-state index in [0.717, 1.165) is 0 Å². The summed E-state index contributed by atoms with van der Waals surface area (Å²) in [5.74, 6) is -2.27. The Morgan fingerprint density at radius 3 is 2.35 bits per heavy atom. The van der Waals surface area contributed by atoms with Crippen molar-refractivity contribution >= 4 is 11.7 Å². The van der Waals surface area contributed by atoms with Crippen molar-refractivity contribution in [3.05, 3.63) is 23.7 Å². The van der Waals surface area contributed by atoms with Gasteiger partial charge in [0.2, 0.25) is 0 Å². The van der Waals surface area contributed by atoms with Gasteiger partial charge in [-0.2, -0.15) is 13.2 Å². The molecule has 1 aromatic rings. The lowest BCUT2D eigenvalue weighted by molar-refractivity contribution is -0.174. The van der Waals surface area contributed by atoms with Gasteiger partial charge in [-0.15, -0.1) is 0 Å². The molecule has 0 aliphatic rings. The first-order valence-corrected chi connectivity index (χ1v) is 4.70. The Kier molecular flexibility index (Phi) is 3.59. The molecule has 0 aromatic carbocycles. The van der Waals surface area contributed by atoms with Crippen molar-refractivity contribution in [3.8, 4) is 0 Å². The van der Waals surface area contributed by atoms with Crippen molar-refractivity contribution in [1.82, 2.24) is 5.32 Å². The van der Waals surface area contributed by atoms with Crippen LogP contribution in [0.3, 0.4) is 0 Å². The Labute approximate surface area is 94.8 Å². The van der Waals surface area contributed by atoms with E-state index in [1.54, 1.807) is 5.32 Å². The minimum Gasteiger partial charge on any atom is -0.456 e. The molecule has 0 fully saturated rings. The van der Waals surface area contributed by atoms with E-state index in [0.29, 0.717) is 0 Å². The molecule has 0 aliphatic carbocycles. The number of hydrogen-bond donors (Lipinski definition) is 1. The summed E-state index contributed by atoms with van der Waals surface area (Å²) in [4.78, 5) is 21.5. The normalized spacial score (nSPS) is 13.2. The molecule has 0 bridgehead atoms. The van der Waals surface area contributed by atoms with Crippen molar-refractivity contribution in [2.24, 2.45) is 0 Å². The van der Waals surface area contributed by atoms with Gasteiger partial charge in [-0.3, -0.25) is 9.59 Å². The zero-order valence-corrected chi connectivity index (χ0v) is 9.09. The first-order valence-electron chi connectivity index (χ1n) is 4.70. The van der Waals surface area contributed by atoms with Crippen LogP contribution < -0.4 is 5.32 Å². The molecule has 0 radical (unpaired) electrons. The highest BCUT2D eigenvalue weighted by molar-refractivity contribution is 5.91. The molecule has 1 unspecified atom stereocenters. The molecule has 0 saturated heterocycles. The number of carbonyl (C=O) groups is 2. The molecule has 94 valence electrons. The van der Waals surface area contributed by atoms with Crippen LogP contribution in [0.15, 0.2) is 16.5 Å². The fourth-order valence-corrected chi connectivity index (χ4v) is 1.12. The van der Waals surface area contributed by atoms with Crippen LogP contribution in [0.5, 0.6) is 0 Å². The predicted octanol–water partition coefficient (Wildman–Crippen LogP) is 2.22. The van der Waals surface area contributed by atoms with E-state index < -0.39 is 18.1 Å². The molecule has 1 N–H and O–H groups in total. The lowest BCUT2D eigenvalue weighted by atomic mass is 10.2. The Bertz CT molecular complexity index is 436. The quantitative estimate of drug-likeness (QED) is 0.835. The van der Waals surface area contributed by atoms with Gasteiger partial charge in [-0.05, 0) is 19.1 Å². The van der Waals surface area contributed by atoms with Crippen LogP contribution in [0.4, 0.5) is 13.2 Å². The third kappa shape index (κ3) is 3.33. The van der Waals surface area contributed by atoms with Gasteiger partial charge in [0.1, 0.15) is 5.76 Å². The smallest absolute Gasteiger partial charge is 0.456 e. The summed E-state index contributed by atoms with van der Waals surface area (Å²) in [6.07, 6.45) is -4.94. The maximum absolute atomic E-state index is 12.0. The van der Waals surface area contributed by atoms with Crippen LogP contribution in [-0.2, 0) is 4.79 Å². The molecular formula is C10H10F3NO3. The van der Waals surface area contributed by atoms with Crippen molar-refractivity contribution in [2.45, 2.75) is 26.1 Å². The highest BCUT2D eigenvalue weighted by Gasteiger charge is 2.39. The number of Topliss-reactive ketones (excluding diaryl/α,β-unsaturated/α-hetero) is 1. The molecule has 1 heterocycles. The number of alkyl halides is 3. The van der Waals surface area contributed by atoms with Gasteiger partial charge in [0, 0.05) is 6.92 Å². The van der Waals surface area contributed by atoms with Crippen molar-refractivity contribution < 1.29 is 27.2 Å². The Balaban J connectivity index is 2.73. The molecule has 17 heavy (non-hydrogen) atoms. The van der Waals surface area contributed by atoms with Gasteiger partial charge in [0.25, 0.3) is 0 Å². The highest BCUT2D eigenvalue weighted by atomic mass is 19.4. The lowest BCUT2D eigenvalue weighted by Gasteiger charge is -2.12. The number of hydrogen-bond acceptors (Lipinski definition) is 3. The van der Waals surface area contributed by atoms with Crippen LogP contribution in [0.25, 0.3) is 0 Å². The van der Waals surface area contributed by atoms with Crippen LogP contribution in [0.1, 0.15) is 36.2 Å². The van der Waals surface area contributed by atoms with Crippen molar-refractivity contribution in [3.63, 3.8) is 0 Å². The minimum atomic E-state index is -4.94. The number of furan rings is 1. The largest absolute Gasteiger partial charge is 0.471 e. The lowest BCUT2D eigenvalue weighted by Crippen LogP contribution is -2.38. The van der Waals surface area contributed by atoms with Crippen LogP contribution in [-0.4, -0.2) is 17.9 Å². The summed E-state index contributed by atoms with van der Waals surface area (Å²) in [5.41, 5.74) is 0. The maximum Gasteiger partial charge on any atom is 0.471 e. The monoisotopic (exact) mass is 249 g/mol. The number of rotatable bonds is 3. The SMILES string of the molecule is CC(=O)c1ccc(C(C)NC(=O)C(F)(F)F)o1. The van der Waals surface area contributed by atoms with Crippen LogP contribution in [0.2, 0.25) is 0 Å². The van der Waals surface area contributed by atoms with Gasteiger partial charge in [0.05, 0.1) is 6.04 Å². The van der Waals surface area contributed by atoms with E-state index >= 15 is 0 Å². The summed E-state index contributed by atoms with van der Waals surface area (Å²) in [6, 6.07) is 1.73. The zero-order chi connectivity index (χ0) is 13.2. The van der Waals surface area contributed by atoms with E-state index in [-0.39, 0.29) is 17.3 Å². The summed E-state index contributed by atoms with van der Waals surface area (Å²) in [7, 11) is 0. The molecule has 1 atom stereocenters. The Hall–Kier alpha value is -1.79. The minimum absolute atomic E-state index is 0.0353. The molecule has 4 nitrogen and oxygen atoms in total. The van der Waals surface area contributed by atoms with Crippen molar-refractivity contribution in [1.29, 1.82) is 0 Å². The standard InChI is InChI=1S/C10H10F3NO3/c1-5(14-9(16)10(11,12)13)7-3-4-8(17-7)6(2)15/h3-5H,1-2H3,(H,14,16). The Morgan fingerprint density at radius 1 is 1.35 bits per heavy atom. The first kappa shape index (κ1) is 13.3. The van der Waals surface area contributed by atoms with Crippen molar-refractivity contribution in [2.75, 3.05) is 0 Å². The topological polar surface area (TPSA) is 59.3 Å². The number of halogens is 3. The molecule has 1 rings (SSSR count). The third-order valence-electron chi connectivity index (χ3n) is 2.01. The molecule has 1 aromatic heterocycles. The van der Waals surface area contributed by atoms with E-state index in [9.17, 15) is 22.8 Å².